The number of thiophene rings is 1. The van der Waals surface area contributed by atoms with Crippen LogP contribution in [0.3, 0.4) is 0 Å². The van der Waals surface area contributed by atoms with Gasteiger partial charge in [-0.15, -0.1) is 11.3 Å². The van der Waals surface area contributed by atoms with Gasteiger partial charge in [-0.3, -0.25) is 4.79 Å². The maximum Gasteiger partial charge on any atom is 0.264 e. The minimum Gasteiger partial charge on any atom is -0.494 e. The third-order valence-electron chi connectivity index (χ3n) is 2.77. The van der Waals surface area contributed by atoms with E-state index >= 15 is 0 Å². The molecular weight excluding hydrogens is 304 g/mol. The molecule has 0 spiro atoms. The van der Waals surface area contributed by atoms with Crippen molar-refractivity contribution in [1.82, 2.24) is 5.32 Å². The van der Waals surface area contributed by atoms with Crippen molar-refractivity contribution in [2.45, 2.75) is 0 Å². The maximum atomic E-state index is 11.9. The van der Waals surface area contributed by atoms with Crippen LogP contribution >= 0.6 is 23.1 Å². The van der Waals surface area contributed by atoms with Crippen molar-refractivity contribution in [3.05, 3.63) is 51.6 Å². The molecule has 0 atom stereocenters. The van der Waals surface area contributed by atoms with E-state index in [1.165, 1.54) is 11.8 Å². The number of nitrogens with zero attached hydrogens (tertiary/aromatic N) is 1. The zero-order valence-electron chi connectivity index (χ0n) is 11.2. The second kappa shape index (κ2) is 6.15. The Morgan fingerprint density at radius 2 is 2.10 bits per heavy atom. The van der Waals surface area contributed by atoms with E-state index in [1.54, 1.807) is 18.4 Å². The van der Waals surface area contributed by atoms with Crippen LogP contribution in [0.4, 0.5) is 5.69 Å². The molecule has 6 heteroatoms. The van der Waals surface area contributed by atoms with Crippen molar-refractivity contribution in [3.8, 4) is 5.75 Å². The standard InChI is InChI=1S/C15H12N2O2S2/c1-19-12-7-3-2-6-11(12)16-15-17-14(18)13(21-15)9-10-5-4-8-20-10/h2-9H,1H3,(H,16,17,18). The van der Waals surface area contributed by atoms with Crippen molar-refractivity contribution in [2.24, 2.45) is 4.99 Å². The van der Waals surface area contributed by atoms with Crippen molar-refractivity contribution in [1.29, 1.82) is 0 Å². The lowest BCUT2D eigenvalue weighted by atomic mass is 10.3. The molecule has 1 aromatic carbocycles. The lowest BCUT2D eigenvalue weighted by Gasteiger charge is -2.03. The molecule has 0 bridgehead atoms. The Hall–Kier alpha value is -2.05. The first-order chi connectivity index (χ1) is 10.3. The predicted molar refractivity (Wildman–Crippen MR) is 88.1 cm³/mol. The van der Waals surface area contributed by atoms with Gasteiger partial charge in [-0.05, 0) is 41.4 Å². The Morgan fingerprint density at radius 3 is 2.86 bits per heavy atom. The van der Waals surface area contributed by atoms with Gasteiger partial charge < -0.3 is 10.1 Å². The highest BCUT2D eigenvalue weighted by atomic mass is 32.2. The summed E-state index contributed by atoms with van der Waals surface area (Å²) >= 11 is 2.93. The number of carbonyl (C=O) groups excluding carboxylic acids is 1. The highest BCUT2D eigenvalue weighted by Crippen LogP contribution is 2.32. The summed E-state index contributed by atoms with van der Waals surface area (Å²) in [4.78, 5) is 18.1. The molecule has 1 aromatic heterocycles. The van der Waals surface area contributed by atoms with Crippen LogP contribution in [0.2, 0.25) is 0 Å². The molecule has 21 heavy (non-hydrogen) atoms. The van der Waals surface area contributed by atoms with Crippen molar-refractivity contribution >= 4 is 45.9 Å². The van der Waals surface area contributed by atoms with E-state index in [0.717, 1.165) is 4.88 Å². The maximum absolute atomic E-state index is 11.9. The van der Waals surface area contributed by atoms with E-state index in [2.05, 4.69) is 10.3 Å². The molecule has 0 unspecified atom stereocenters. The van der Waals surface area contributed by atoms with Gasteiger partial charge in [0.15, 0.2) is 5.17 Å². The molecular formula is C15H12N2O2S2. The Balaban J connectivity index is 1.86. The normalized spacial score (nSPS) is 18.2. The summed E-state index contributed by atoms with van der Waals surface area (Å²) in [5.74, 6) is 0.553. The number of methoxy groups -OCH3 is 1. The van der Waals surface area contributed by atoms with Gasteiger partial charge in [0.2, 0.25) is 0 Å². The van der Waals surface area contributed by atoms with Gasteiger partial charge in [-0.1, -0.05) is 18.2 Å². The number of hydrogen-bond acceptors (Lipinski definition) is 5. The molecule has 1 fully saturated rings. The third kappa shape index (κ3) is 3.17. The Labute approximate surface area is 130 Å². The number of hydrogen-bond donors (Lipinski definition) is 1. The SMILES string of the molecule is COc1ccccc1N=C1NC(=O)C(=Cc2cccs2)S1. The second-order valence-corrected chi connectivity index (χ2v) is 6.18. The summed E-state index contributed by atoms with van der Waals surface area (Å²) in [7, 11) is 1.60. The van der Waals surface area contributed by atoms with E-state index in [1.807, 2.05) is 47.9 Å². The monoisotopic (exact) mass is 316 g/mol. The highest BCUT2D eigenvalue weighted by Gasteiger charge is 2.24. The Morgan fingerprint density at radius 1 is 1.24 bits per heavy atom. The minimum atomic E-state index is -0.123. The van der Waals surface area contributed by atoms with Crippen LogP contribution in [0.5, 0.6) is 5.75 Å². The predicted octanol–water partition coefficient (Wildman–Crippen LogP) is 3.65. The van der Waals surface area contributed by atoms with Crippen molar-refractivity contribution in [2.75, 3.05) is 7.11 Å². The molecule has 4 nitrogen and oxygen atoms in total. The van der Waals surface area contributed by atoms with E-state index in [-0.39, 0.29) is 5.91 Å². The molecule has 2 heterocycles. The molecule has 106 valence electrons. The van der Waals surface area contributed by atoms with Crippen LogP contribution in [0, 0.1) is 0 Å². The topological polar surface area (TPSA) is 50.7 Å². The number of ether oxygens (including phenoxy) is 1. The molecule has 0 aliphatic carbocycles. The fraction of sp³-hybridized carbons (Fsp3) is 0.0667. The molecule has 1 N–H and O–H groups in total. The zero-order valence-corrected chi connectivity index (χ0v) is 12.8. The number of amides is 1. The van der Waals surface area contributed by atoms with E-state index < -0.39 is 0 Å². The van der Waals surface area contributed by atoms with Gasteiger partial charge >= 0.3 is 0 Å². The van der Waals surface area contributed by atoms with E-state index in [0.29, 0.717) is 21.5 Å². The van der Waals surface area contributed by atoms with Crippen molar-refractivity contribution < 1.29 is 9.53 Å². The average molecular weight is 316 g/mol. The van der Waals surface area contributed by atoms with Gasteiger partial charge in [-0.2, -0.15) is 0 Å². The summed E-state index contributed by atoms with van der Waals surface area (Å²) in [6, 6.07) is 11.4. The summed E-state index contributed by atoms with van der Waals surface area (Å²) in [5, 5.41) is 5.31. The molecule has 3 rings (SSSR count). The van der Waals surface area contributed by atoms with Crippen LogP contribution in [0.25, 0.3) is 6.08 Å². The number of nitrogens with one attached hydrogen (secondary N) is 1. The number of rotatable bonds is 3. The second-order valence-electron chi connectivity index (χ2n) is 4.17. The average Bonchev–Trinajstić information content (AvgIpc) is 3.11. The number of thioether (sulfide) groups is 1. The van der Waals surface area contributed by atoms with Crippen LogP contribution in [-0.2, 0) is 4.79 Å². The Kier molecular flexibility index (Phi) is 4.08. The van der Waals surface area contributed by atoms with Gasteiger partial charge in [0.1, 0.15) is 11.4 Å². The smallest absolute Gasteiger partial charge is 0.264 e. The summed E-state index contributed by atoms with van der Waals surface area (Å²) < 4.78 is 5.25. The molecule has 1 amide bonds. The molecule has 1 aliphatic rings. The number of amidine groups is 1. The van der Waals surface area contributed by atoms with Gasteiger partial charge in [0.05, 0.1) is 12.0 Å². The molecule has 2 aromatic rings. The summed E-state index contributed by atoms with van der Waals surface area (Å²) in [5.41, 5.74) is 0.695. The largest absolute Gasteiger partial charge is 0.494 e. The van der Waals surface area contributed by atoms with E-state index in [9.17, 15) is 4.79 Å². The number of carbonyl (C=O) groups is 1. The number of para-hydroxylation sites is 2. The third-order valence-corrected chi connectivity index (χ3v) is 4.50. The lowest BCUT2D eigenvalue weighted by Crippen LogP contribution is -2.19. The van der Waals surface area contributed by atoms with E-state index in [4.69, 9.17) is 4.74 Å². The highest BCUT2D eigenvalue weighted by molar-refractivity contribution is 8.18. The van der Waals surface area contributed by atoms with Gasteiger partial charge in [-0.25, -0.2) is 4.99 Å². The summed E-state index contributed by atoms with van der Waals surface area (Å²) in [6.45, 7) is 0. The zero-order chi connectivity index (χ0) is 14.7. The molecule has 1 saturated heterocycles. The minimum absolute atomic E-state index is 0.123. The van der Waals surface area contributed by atoms with Crippen LogP contribution in [-0.4, -0.2) is 18.2 Å². The van der Waals surface area contributed by atoms with Crippen molar-refractivity contribution in [3.63, 3.8) is 0 Å². The Bertz CT molecular complexity index is 721. The number of aliphatic imine (C=N–C) groups is 1. The quantitative estimate of drug-likeness (QED) is 0.879. The first-order valence-corrected chi connectivity index (χ1v) is 7.92. The lowest BCUT2D eigenvalue weighted by molar-refractivity contribution is -0.115. The van der Waals surface area contributed by atoms with Gasteiger partial charge in [0, 0.05) is 4.88 Å². The van der Waals surface area contributed by atoms with Gasteiger partial charge in [0.25, 0.3) is 5.91 Å². The first kappa shape index (κ1) is 13.9. The van der Waals surface area contributed by atoms with Crippen LogP contribution in [0.15, 0.2) is 51.7 Å². The first-order valence-electron chi connectivity index (χ1n) is 6.22. The fourth-order valence-electron chi connectivity index (χ4n) is 1.81. The summed E-state index contributed by atoms with van der Waals surface area (Å²) in [6.07, 6.45) is 1.87. The molecule has 0 saturated carbocycles. The van der Waals surface area contributed by atoms with Crippen LogP contribution in [0.1, 0.15) is 4.88 Å². The molecule has 1 aliphatic heterocycles. The van der Waals surface area contributed by atoms with Crippen LogP contribution < -0.4 is 10.1 Å². The fourth-order valence-corrected chi connectivity index (χ4v) is 3.37. The number of benzene rings is 1. The molecule has 0 radical (unpaired) electrons.